The topological polar surface area (TPSA) is 18.5 Å². The Hall–Kier alpha value is -2.16. The third-order valence-electron chi connectivity index (χ3n) is 4.87. The average Bonchev–Trinajstić information content (AvgIpc) is 2.66. The van der Waals surface area contributed by atoms with E-state index in [0.29, 0.717) is 21.5 Å². The summed E-state index contributed by atoms with van der Waals surface area (Å²) < 4.78 is 11.5. The van der Waals surface area contributed by atoms with Crippen molar-refractivity contribution in [2.75, 3.05) is 14.2 Å². The van der Waals surface area contributed by atoms with Crippen LogP contribution in [0.25, 0.3) is 11.1 Å². The van der Waals surface area contributed by atoms with Crippen LogP contribution in [0.5, 0.6) is 11.5 Å². The van der Waals surface area contributed by atoms with Gasteiger partial charge in [-0.1, -0.05) is 67.4 Å². The maximum Gasteiger partial charge on any atom is 0.130 e. The van der Waals surface area contributed by atoms with Crippen LogP contribution in [0.15, 0.2) is 60.7 Å². The minimum Gasteiger partial charge on any atom is -0.496 e. The summed E-state index contributed by atoms with van der Waals surface area (Å²) in [5, 5.41) is 1.13. The van der Waals surface area contributed by atoms with Gasteiger partial charge in [0.25, 0.3) is 0 Å². The molecule has 2 nitrogen and oxygen atoms in total. The lowest BCUT2D eigenvalue weighted by Gasteiger charge is -2.28. The van der Waals surface area contributed by atoms with Crippen LogP contribution in [-0.4, -0.2) is 14.2 Å². The van der Waals surface area contributed by atoms with Gasteiger partial charge in [-0.05, 0) is 47.0 Å². The molecule has 0 spiro atoms. The molecule has 0 unspecified atom stereocenters. The van der Waals surface area contributed by atoms with Gasteiger partial charge in [0.2, 0.25) is 0 Å². The van der Waals surface area contributed by atoms with Gasteiger partial charge in [-0.2, -0.15) is 0 Å². The fourth-order valence-electron chi connectivity index (χ4n) is 3.28. The quantitative estimate of drug-likeness (QED) is 0.458. The molecular weight excluding hydrogens is 379 g/mol. The smallest absolute Gasteiger partial charge is 0.130 e. The normalized spacial score (nSPS) is 11.3. The van der Waals surface area contributed by atoms with Gasteiger partial charge in [0.05, 0.1) is 19.8 Å². The lowest BCUT2D eigenvalue weighted by molar-refractivity contribution is 0.394. The first-order chi connectivity index (χ1) is 12.9. The van der Waals surface area contributed by atoms with Crippen LogP contribution < -0.4 is 9.47 Å². The van der Waals surface area contributed by atoms with E-state index in [1.807, 2.05) is 30.3 Å². The molecule has 140 valence electrons. The van der Waals surface area contributed by atoms with Gasteiger partial charge in [0.1, 0.15) is 11.5 Å². The zero-order chi connectivity index (χ0) is 19.6. The summed E-state index contributed by atoms with van der Waals surface area (Å²) in [4.78, 5) is 0. The van der Waals surface area contributed by atoms with Crippen LogP contribution in [0.2, 0.25) is 10.0 Å². The first-order valence-corrected chi connectivity index (χ1v) is 9.41. The monoisotopic (exact) mass is 400 g/mol. The molecule has 0 aromatic heterocycles. The van der Waals surface area contributed by atoms with E-state index in [-0.39, 0.29) is 5.41 Å². The summed E-state index contributed by atoms with van der Waals surface area (Å²) in [6, 6.07) is 19.9. The van der Waals surface area contributed by atoms with E-state index in [2.05, 4.69) is 38.1 Å². The fraction of sp³-hybridized carbons (Fsp3) is 0.217. The van der Waals surface area contributed by atoms with E-state index in [1.54, 1.807) is 20.3 Å². The molecule has 3 rings (SSSR count). The maximum atomic E-state index is 6.21. The van der Waals surface area contributed by atoms with Crippen molar-refractivity contribution in [1.82, 2.24) is 0 Å². The second kappa shape index (κ2) is 7.84. The van der Waals surface area contributed by atoms with E-state index in [9.17, 15) is 0 Å². The molecule has 4 heteroatoms. The zero-order valence-electron chi connectivity index (χ0n) is 15.8. The number of halogens is 2. The molecule has 0 saturated heterocycles. The van der Waals surface area contributed by atoms with Gasteiger partial charge in [-0.25, -0.2) is 0 Å². The minimum atomic E-state index is -0.216. The second-order valence-electron chi connectivity index (χ2n) is 6.90. The van der Waals surface area contributed by atoms with Gasteiger partial charge in [-0.3, -0.25) is 0 Å². The number of benzene rings is 3. The third kappa shape index (κ3) is 3.92. The number of rotatable bonds is 5. The molecule has 0 aliphatic heterocycles. The summed E-state index contributed by atoms with van der Waals surface area (Å²) in [5.41, 5.74) is 3.78. The lowest BCUT2D eigenvalue weighted by Crippen LogP contribution is -2.19. The molecule has 0 radical (unpaired) electrons. The Kier molecular flexibility index (Phi) is 5.69. The molecule has 0 fully saturated rings. The Bertz CT molecular complexity index is 905. The van der Waals surface area contributed by atoms with Crippen LogP contribution in [0.1, 0.15) is 25.0 Å². The number of hydrogen-bond donors (Lipinski definition) is 0. The third-order valence-corrected chi connectivity index (χ3v) is 5.31. The highest BCUT2D eigenvalue weighted by molar-refractivity contribution is 6.35. The van der Waals surface area contributed by atoms with Crippen molar-refractivity contribution in [3.05, 3.63) is 81.8 Å². The zero-order valence-corrected chi connectivity index (χ0v) is 17.4. The average molecular weight is 401 g/mol. The first-order valence-electron chi connectivity index (χ1n) is 8.65. The van der Waals surface area contributed by atoms with Crippen LogP contribution in [-0.2, 0) is 5.41 Å². The van der Waals surface area contributed by atoms with Crippen molar-refractivity contribution < 1.29 is 9.47 Å². The molecule has 3 aromatic rings. The van der Waals surface area contributed by atoms with E-state index in [1.165, 1.54) is 5.56 Å². The van der Waals surface area contributed by atoms with E-state index in [4.69, 9.17) is 32.7 Å². The highest BCUT2D eigenvalue weighted by Gasteiger charge is 2.26. The Morgan fingerprint density at radius 3 is 1.70 bits per heavy atom. The Morgan fingerprint density at radius 2 is 1.22 bits per heavy atom. The molecule has 0 aliphatic rings. The van der Waals surface area contributed by atoms with Crippen molar-refractivity contribution in [3.63, 3.8) is 0 Å². The van der Waals surface area contributed by atoms with Crippen molar-refractivity contribution in [2.45, 2.75) is 19.3 Å². The van der Waals surface area contributed by atoms with Crippen LogP contribution in [0.3, 0.4) is 0 Å². The SMILES string of the molecule is COc1cc(C(C)(C)c2ccccc2)cc(OC)c1-c1cc(Cl)cc(Cl)c1. The van der Waals surface area contributed by atoms with Gasteiger partial charge < -0.3 is 9.47 Å². The van der Waals surface area contributed by atoms with Gasteiger partial charge in [0, 0.05) is 15.5 Å². The van der Waals surface area contributed by atoms with Gasteiger partial charge in [-0.15, -0.1) is 0 Å². The Labute approximate surface area is 170 Å². The van der Waals surface area contributed by atoms with Crippen molar-refractivity contribution >= 4 is 23.2 Å². The van der Waals surface area contributed by atoms with Gasteiger partial charge in [0.15, 0.2) is 0 Å². The number of ether oxygens (including phenoxy) is 2. The summed E-state index contributed by atoms with van der Waals surface area (Å²) in [6.07, 6.45) is 0. The summed E-state index contributed by atoms with van der Waals surface area (Å²) in [5.74, 6) is 1.43. The van der Waals surface area contributed by atoms with Crippen molar-refractivity contribution in [3.8, 4) is 22.6 Å². The maximum absolute atomic E-state index is 6.21. The highest BCUT2D eigenvalue weighted by Crippen LogP contribution is 2.44. The summed E-state index contributed by atoms with van der Waals surface area (Å²) in [6.45, 7) is 4.37. The first kappa shape index (κ1) is 19.6. The molecule has 0 saturated carbocycles. The summed E-state index contributed by atoms with van der Waals surface area (Å²) >= 11 is 12.4. The lowest BCUT2D eigenvalue weighted by atomic mass is 9.77. The standard InChI is InChI=1S/C23H22Cl2O2/c1-23(2,16-8-6-5-7-9-16)17-12-20(26-3)22(21(13-17)27-4)15-10-18(24)14-19(25)11-15/h5-14H,1-4H3. The van der Waals surface area contributed by atoms with Gasteiger partial charge >= 0.3 is 0 Å². The van der Waals surface area contributed by atoms with Crippen LogP contribution in [0, 0.1) is 0 Å². The molecule has 0 bridgehead atoms. The number of methoxy groups -OCH3 is 2. The van der Waals surface area contributed by atoms with E-state index >= 15 is 0 Å². The van der Waals surface area contributed by atoms with Crippen LogP contribution >= 0.6 is 23.2 Å². The minimum absolute atomic E-state index is 0.216. The predicted molar refractivity (Wildman–Crippen MR) is 114 cm³/mol. The van der Waals surface area contributed by atoms with E-state index < -0.39 is 0 Å². The number of hydrogen-bond acceptors (Lipinski definition) is 2. The van der Waals surface area contributed by atoms with E-state index in [0.717, 1.165) is 16.7 Å². The molecule has 27 heavy (non-hydrogen) atoms. The second-order valence-corrected chi connectivity index (χ2v) is 7.78. The molecule has 0 amide bonds. The fourth-order valence-corrected chi connectivity index (χ4v) is 3.80. The van der Waals surface area contributed by atoms with Crippen LogP contribution in [0.4, 0.5) is 0 Å². The largest absolute Gasteiger partial charge is 0.496 e. The Morgan fingerprint density at radius 1 is 0.704 bits per heavy atom. The highest BCUT2D eigenvalue weighted by atomic mass is 35.5. The molecule has 0 aliphatic carbocycles. The molecule has 0 N–H and O–H groups in total. The summed E-state index contributed by atoms with van der Waals surface area (Å²) in [7, 11) is 3.31. The molecule has 3 aromatic carbocycles. The van der Waals surface area contributed by atoms with Crippen molar-refractivity contribution in [2.24, 2.45) is 0 Å². The van der Waals surface area contributed by atoms with Crippen molar-refractivity contribution in [1.29, 1.82) is 0 Å². The Balaban J connectivity index is 2.21. The molecule has 0 atom stereocenters. The molecule has 0 heterocycles. The molecular formula is C23H22Cl2O2. The predicted octanol–water partition coefficient (Wildman–Crippen LogP) is 7.00.